The molecule has 0 aliphatic heterocycles. The predicted octanol–water partition coefficient (Wildman–Crippen LogP) is 0.0179. The molecule has 0 fully saturated rings. The van der Waals surface area contributed by atoms with E-state index < -0.39 is 12.0 Å². The number of hydrogen-bond donors (Lipinski definition) is 3. The van der Waals surface area contributed by atoms with E-state index in [0.29, 0.717) is 0 Å². The summed E-state index contributed by atoms with van der Waals surface area (Å²) in [5.74, 6) is -1.35. The maximum absolute atomic E-state index is 11.3. The van der Waals surface area contributed by atoms with Gasteiger partial charge in [0.15, 0.2) is 0 Å². The van der Waals surface area contributed by atoms with E-state index in [1.54, 1.807) is 7.05 Å². The number of carbonyl (C=O) groups excluding carboxylic acids is 1. The summed E-state index contributed by atoms with van der Waals surface area (Å²) in [5, 5.41) is 14.2. The van der Waals surface area contributed by atoms with Gasteiger partial charge in [-0.2, -0.15) is 0 Å². The van der Waals surface area contributed by atoms with Crippen molar-refractivity contribution in [2.24, 2.45) is 0 Å². The van der Waals surface area contributed by atoms with E-state index in [1.807, 2.05) is 30.3 Å². The third kappa shape index (κ3) is 4.65. The highest BCUT2D eigenvalue weighted by atomic mass is 16.4. The molecule has 0 aliphatic rings. The molecule has 0 saturated carbocycles. The van der Waals surface area contributed by atoms with Crippen molar-refractivity contribution < 1.29 is 14.7 Å². The van der Waals surface area contributed by atoms with Gasteiger partial charge in [-0.1, -0.05) is 30.3 Å². The number of likely N-dealkylation sites (N-methyl/N-ethyl adjacent to an activating group) is 1. The highest BCUT2D eigenvalue weighted by molar-refractivity contribution is 5.84. The van der Waals surface area contributed by atoms with Crippen molar-refractivity contribution in [1.82, 2.24) is 10.6 Å². The van der Waals surface area contributed by atoms with Crippen molar-refractivity contribution in [3.05, 3.63) is 35.9 Å². The zero-order chi connectivity index (χ0) is 12.7. The Bertz CT molecular complexity index is 379. The fourth-order valence-electron chi connectivity index (χ4n) is 1.46. The van der Waals surface area contributed by atoms with Gasteiger partial charge in [-0.05, 0) is 12.6 Å². The van der Waals surface area contributed by atoms with Gasteiger partial charge in [0.2, 0.25) is 5.91 Å². The number of rotatable bonds is 6. The Balaban J connectivity index is 2.61. The molecule has 1 atom stereocenters. The second kappa shape index (κ2) is 6.65. The molecule has 0 spiro atoms. The zero-order valence-electron chi connectivity index (χ0n) is 9.64. The molecule has 0 heterocycles. The molecule has 92 valence electrons. The number of carboxylic acids is 1. The number of carbonyl (C=O) groups is 2. The summed E-state index contributed by atoms with van der Waals surface area (Å²) in [6.45, 7) is 0.110. The fourth-order valence-corrected chi connectivity index (χ4v) is 1.46. The summed E-state index contributed by atoms with van der Waals surface area (Å²) in [5.41, 5.74) is 0.879. The molecule has 0 radical (unpaired) electrons. The second-order valence-electron chi connectivity index (χ2n) is 3.68. The first-order valence-corrected chi connectivity index (χ1v) is 5.34. The van der Waals surface area contributed by atoms with Crippen LogP contribution in [0.15, 0.2) is 30.3 Å². The van der Waals surface area contributed by atoms with Gasteiger partial charge in [-0.3, -0.25) is 4.79 Å². The molecule has 1 amide bonds. The third-order valence-electron chi connectivity index (χ3n) is 2.25. The Morgan fingerprint density at radius 1 is 1.29 bits per heavy atom. The van der Waals surface area contributed by atoms with Crippen LogP contribution < -0.4 is 10.6 Å². The first-order valence-electron chi connectivity index (χ1n) is 5.34. The molecule has 1 aromatic carbocycles. The maximum Gasteiger partial charge on any atom is 0.326 e. The summed E-state index contributed by atoms with van der Waals surface area (Å²) in [6, 6.07) is 8.31. The van der Waals surface area contributed by atoms with Crippen LogP contribution in [0, 0.1) is 0 Å². The summed E-state index contributed by atoms with van der Waals surface area (Å²) < 4.78 is 0. The van der Waals surface area contributed by atoms with Gasteiger partial charge in [0.25, 0.3) is 0 Å². The van der Waals surface area contributed by atoms with Gasteiger partial charge in [0.05, 0.1) is 6.54 Å². The normalized spacial score (nSPS) is 11.8. The number of aliphatic carboxylic acids is 1. The van der Waals surface area contributed by atoms with Crippen LogP contribution in [-0.4, -0.2) is 36.6 Å². The van der Waals surface area contributed by atoms with E-state index >= 15 is 0 Å². The highest BCUT2D eigenvalue weighted by Crippen LogP contribution is 2.03. The van der Waals surface area contributed by atoms with Crippen LogP contribution in [0.2, 0.25) is 0 Å². The largest absolute Gasteiger partial charge is 0.480 e. The molecule has 17 heavy (non-hydrogen) atoms. The minimum absolute atomic E-state index is 0.110. The lowest BCUT2D eigenvalue weighted by Crippen LogP contribution is -2.45. The topological polar surface area (TPSA) is 78.4 Å². The molecule has 1 aromatic rings. The van der Waals surface area contributed by atoms with Crippen molar-refractivity contribution in [3.63, 3.8) is 0 Å². The van der Waals surface area contributed by atoms with Crippen LogP contribution >= 0.6 is 0 Å². The molecule has 5 nitrogen and oxygen atoms in total. The molecule has 5 heteroatoms. The fraction of sp³-hybridized carbons (Fsp3) is 0.333. The van der Waals surface area contributed by atoms with Gasteiger partial charge in [-0.15, -0.1) is 0 Å². The minimum atomic E-state index is -1.03. The van der Waals surface area contributed by atoms with Gasteiger partial charge in [0.1, 0.15) is 6.04 Å². The van der Waals surface area contributed by atoms with Crippen molar-refractivity contribution >= 4 is 11.9 Å². The highest BCUT2D eigenvalue weighted by Gasteiger charge is 2.19. The third-order valence-corrected chi connectivity index (χ3v) is 2.25. The van der Waals surface area contributed by atoms with Crippen LogP contribution in [0.4, 0.5) is 0 Å². The van der Waals surface area contributed by atoms with Gasteiger partial charge >= 0.3 is 5.97 Å². The van der Waals surface area contributed by atoms with Crippen LogP contribution in [0.3, 0.4) is 0 Å². The standard InChI is InChI=1S/C12H16N2O3/c1-13-8-11(15)14-10(12(16)17)7-9-5-3-2-4-6-9/h2-6,10,13H,7-8H2,1H3,(H,14,15)(H,16,17). The average Bonchev–Trinajstić information content (AvgIpc) is 2.29. The Morgan fingerprint density at radius 3 is 2.47 bits per heavy atom. The maximum atomic E-state index is 11.3. The summed E-state index contributed by atoms with van der Waals surface area (Å²) in [6.07, 6.45) is 0.283. The minimum Gasteiger partial charge on any atom is -0.480 e. The van der Waals surface area contributed by atoms with Gasteiger partial charge in [-0.25, -0.2) is 4.79 Å². The lowest BCUT2D eigenvalue weighted by Gasteiger charge is -2.14. The number of benzene rings is 1. The zero-order valence-corrected chi connectivity index (χ0v) is 9.64. The number of amides is 1. The predicted molar refractivity (Wildman–Crippen MR) is 63.6 cm³/mol. The van der Waals surface area contributed by atoms with Crippen molar-refractivity contribution in [2.45, 2.75) is 12.5 Å². The average molecular weight is 236 g/mol. The molecular formula is C12H16N2O3. The van der Waals surface area contributed by atoms with E-state index in [0.717, 1.165) is 5.56 Å². The Hall–Kier alpha value is -1.88. The molecule has 1 rings (SSSR count). The molecule has 3 N–H and O–H groups in total. The Labute approximate surface area is 99.8 Å². The second-order valence-corrected chi connectivity index (χ2v) is 3.68. The van der Waals surface area contributed by atoms with E-state index in [2.05, 4.69) is 10.6 Å². The van der Waals surface area contributed by atoms with E-state index in [4.69, 9.17) is 5.11 Å². The van der Waals surface area contributed by atoms with Crippen LogP contribution in [0.1, 0.15) is 5.56 Å². The smallest absolute Gasteiger partial charge is 0.326 e. The first-order chi connectivity index (χ1) is 8.13. The van der Waals surface area contributed by atoms with Crippen molar-refractivity contribution in [1.29, 1.82) is 0 Å². The monoisotopic (exact) mass is 236 g/mol. The van der Waals surface area contributed by atoms with Crippen LogP contribution in [-0.2, 0) is 16.0 Å². The van der Waals surface area contributed by atoms with E-state index in [9.17, 15) is 9.59 Å². The molecule has 0 bridgehead atoms. The summed E-state index contributed by atoms with van der Waals surface area (Å²) in [4.78, 5) is 22.3. The molecular weight excluding hydrogens is 220 g/mol. The van der Waals surface area contributed by atoms with Crippen molar-refractivity contribution in [2.75, 3.05) is 13.6 Å². The lowest BCUT2D eigenvalue weighted by atomic mass is 10.1. The van der Waals surface area contributed by atoms with Gasteiger partial charge < -0.3 is 15.7 Å². The van der Waals surface area contributed by atoms with Gasteiger partial charge in [0, 0.05) is 6.42 Å². The molecule has 0 saturated heterocycles. The van der Waals surface area contributed by atoms with E-state index in [-0.39, 0.29) is 18.9 Å². The first kappa shape index (κ1) is 13.2. The molecule has 0 aromatic heterocycles. The summed E-state index contributed by atoms with van der Waals surface area (Å²) in [7, 11) is 1.63. The van der Waals surface area contributed by atoms with E-state index in [1.165, 1.54) is 0 Å². The number of carboxylic acid groups (broad SMARTS) is 1. The summed E-state index contributed by atoms with van der Waals surface area (Å²) >= 11 is 0. The Kier molecular flexibility index (Phi) is 5.16. The molecule has 0 aliphatic carbocycles. The quantitative estimate of drug-likeness (QED) is 0.650. The van der Waals surface area contributed by atoms with Crippen LogP contribution in [0.5, 0.6) is 0 Å². The number of nitrogens with one attached hydrogen (secondary N) is 2. The van der Waals surface area contributed by atoms with Crippen LogP contribution in [0.25, 0.3) is 0 Å². The lowest BCUT2D eigenvalue weighted by molar-refractivity contribution is -0.141. The van der Waals surface area contributed by atoms with Crippen molar-refractivity contribution in [3.8, 4) is 0 Å². The number of hydrogen-bond acceptors (Lipinski definition) is 3. The Morgan fingerprint density at radius 2 is 1.94 bits per heavy atom. The molecule has 1 unspecified atom stereocenters. The SMILES string of the molecule is CNCC(=O)NC(Cc1ccccc1)C(=O)O.